The van der Waals surface area contributed by atoms with Crippen LogP contribution < -0.4 is 5.32 Å². The van der Waals surface area contributed by atoms with Gasteiger partial charge in [0.05, 0.1) is 0 Å². The van der Waals surface area contributed by atoms with Crippen LogP contribution in [-0.2, 0) is 4.79 Å². The summed E-state index contributed by atoms with van der Waals surface area (Å²) in [5.41, 5.74) is 1.36. The van der Waals surface area contributed by atoms with Gasteiger partial charge in [-0.1, -0.05) is 43.2 Å². The molecule has 120 valence electrons. The maximum absolute atomic E-state index is 11.9. The van der Waals surface area contributed by atoms with E-state index >= 15 is 0 Å². The summed E-state index contributed by atoms with van der Waals surface area (Å²) in [6.07, 6.45) is 6.67. The van der Waals surface area contributed by atoms with E-state index in [9.17, 15) is 4.79 Å². The van der Waals surface area contributed by atoms with Crippen molar-refractivity contribution in [2.75, 3.05) is 19.6 Å². The molecule has 1 N–H and O–H groups in total. The van der Waals surface area contributed by atoms with Gasteiger partial charge in [-0.3, -0.25) is 4.79 Å². The summed E-state index contributed by atoms with van der Waals surface area (Å²) in [6, 6.07) is 11.1. The zero-order valence-corrected chi connectivity index (χ0v) is 13.6. The molecule has 1 aromatic rings. The van der Waals surface area contributed by atoms with E-state index in [1.54, 1.807) is 6.92 Å². The predicted octanol–water partition coefficient (Wildman–Crippen LogP) is 3.17. The lowest BCUT2D eigenvalue weighted by atomic mass is 9.87. The number of amides is 1. The summed E-state index contributed by atoms with van der Waals surface area (Å²) in [6.45, 7) is 4.55. The van der Waals surface area contributed by atoms with Gasteiger partial charge in [0.1, 0.15) is 0 Å². The molecule has 1 saturated heterocycles. The molecule has 0 bridgehead atoms. The molecule has 1 aliphatic heterocycles. The van der Waals surface area contributed by atoms with E-state index in [2.05, 4.69) is 35.6 Å². The molecular formula is C19H28N2O. The average molecular weight is 300 g/mol. The number of nitrogens with one attached hydrogen (secondary N) is 1. The number of rotatable bonds is 4. The van der Waals surface area contributed by atoms with Gasteiger partial charge in [0.2, 0.25) is 5.91 Å². The Kier molecular flexibility index (Phi) is 5.14. The Hall–Kier alpha value is -1.35. The maximum atomic E-state index is 11.9. The number of hydrogen-bond acceptors (Lipinski definition) is 2. The zero-order chi connectivity index (χ0) is 15.4. The van der Waals surface area contributed by atoms with Crippen molar-refractivity contribution in [2.45, 2.75) is 51.0 Å². The number of benzene rings is 1. The molecule has 3 heteroatoms. The lowest BCUT2D eigenvalue weighted by Gasteiger charge is -2.38. The van der Waals surface area contributed by atoms with E-state index < -0.39 is 0 Å². The minimum atomic E-state index is 0.202. The van der Waals surface area contributed by atoms with E-state index in [0.29, 0.717) is 12.0 Å². The molecule has 0 radical (unpaired) electrons. The molecule has 0 spiro atoms. The topological polar surface area (TPSA) is 32.3 Å². The summed E-state index contributed by atoms with van der Waals surface area (Å²) in [4.78, 5) is 13.9. The van der Waals surface area contributed by atoms with Crippen LogP contribution in [0.1, 0.15) is 50.5 Å². The molecular weight excluding hydrogens is 272 g/mol. The Morgan fingerprint density at radius 1 is 1.18 bits per heavy atom. The van der Waals surface area contributed by atoms with Gasteiger partial charge in [0.15, 0.2) is 0 Å². The van der Waals surface area contributed by atoms with Gasteiger partial charge < -0.3 is 10.2 Å². The first kappa shape index (κ1) is 15.5. The smallest absolute Gasteiger partial charge is 0.219 e. The molecule has 1 aliphatic carbocycles. The van der Waals surface area contributed by atoms with Crippen LogP contribution in [0.4, 0.5) is 0 Å². The van der Waals surface area contributed by atoms with E-state index in [0.717, 1.165) is 32.0 Å². The van der Waals surface area contributed by atoms with Crippen LogP contribution in [0, 0.1) is 5.92 Å². The third kappa shape index (κ3) is 3.89. The molecule has 3 nitrogen and oxygen atoms in total. The first-order valence-corrected chi connectivity index (χ1v) is 8.76. The number of carbonyl (C=O) groups is 1. The number of nitrogens with zero attached hydrogens (tertiary/aromatic N) is 1. The van der Waals surface area contributed by atoms with E-state index in [1.807, 2.05) is 4.90 Å². The molecule has 2 atom stereocenters. The fourth-order valence-electron chi connectivity index (χ4n) is 4.02. The molecule has 1 saturated carbocycles. The van der Waals surface area contributed by atoms with Crippen LogP contribution in [0.5, 0.6) is 0 Å². The standard InChI is InChI=1S/C19H28N2O/c1-15(22)21-13-18(17-9-3-2-4-10-17)11-19(14-21)20-12-16-7-5-6-8-16/h2-4,9-10,16,18-20H,5-8,11-14H2,1H3. The van der Waals surface area contributed by atoms with Crippen molar-refractivity contribution in [2.24, 2.45) is 5.92 Å². The van der Waals surface area contributed by atoms with E-state index in [4.69, 9.17) is 0 Å². The van der Waals surface area contributed by atoms with Crippen LogP contribution in [0.3, 0.4) is 0 Å². The Balaban J connectivity index is 1.63. The second-order valence-corrected chi connectivity index (χ2v) is 7.02. The summed E-state index contributed by atoms with van der Waals surface area (Å²) in [5.74, 6) is 1.51. The van der Waals surface area contributed by atoms with Crippen molar-refractivity contribution in [1.82, 2.24) is 10.2 Å². The van der Waals surface area contributed by atoms with Gasteiger partial charge in [-0.2, -0.15) is 0 Å². The lowest BCUT2D eigenvalue weighted by molar-refractivity contribution is -0.130. The first-order valence-electron chi connectivity index (χ1n) is 8.76. The molecule has 1 amide bonds. The molecule has 1 aromatic carbocycles. The average Bonchev–Trinajstić information content (AvgIpc) is 3.07. The minimum absolute atomic E-state index is 0.202. The molecule has 1 heterocycles. The van der Waals surface area contributed by atoms with E-state index in [-0.39, 0.29) is 5.91 Å². The fourth-order valence-corrected chi connectivity index (χ4v) is 4.02. The molecule has 22 heavy (non-hydrogen) atoms. The van der Waals surface area contributed by atoms with Crippen molar-refractivity contribution in [3.05, 3.63) is 35.9 Å². The van der Waals surface area contributed by atoms with Gasteiger partial charge in [0, 0.05) is 32.0 Å². The molecule has 0 aromatic heterocycles. The molecule has 2 fully saturated rings. The Bertz CT molecular complexity index is 481. The summed E-state index contributed by atoms with van der Waals surface area (Å²) >= 11 is 0. The summed E-state index contributed by atoms with van der Waals surface area (Å²) in [5, 5.41) is 3.75. The second kappa shape index (κ2) is 7.28. The van der Waals surface area contributed by atoms with Crippen LogP contribution in [-0.4, -0.2) is 36.5 Å². The Morgan fingerprint density at radius 2 is 1.91 bits per heavy atom. The zero-order valence-electron chi connectivity index (χ0n) is 13.6. The third-order valence-electron chi connectivity index (χ3n) is 5.34. The maximum Gasteiger partial charge on any atom is 0.219 e. The largest absolute Gasteiger partial charge is 0.341 e. The Morgan fingerprint density at radius 3 is 2.59 bits per heavy atom. The van der Waals surface area contributed by atoms with Gasteiger partial charge in [-0.15, -0.1) is 0 Å². The van der Waals surface area contributed by atoms with Crippen molar-refractivity contribution in [3.8, 4) is 0 Å². The van der Waals surface area contributed by atoms with Gasteiger partial charge in [-0.25, -0.2) is 0 Å². The SMILES string of the molecule is CC(=O)N1CC(NCC2CCCC2)CC(c2ccccc2)C1. The fraction of sp³-hybridized carbons (Fsp3) is 0.632. The quantitative estimate of drug-likeness (QED) is 0.926. The van der Waals surface area contributed by atoms with Crippen molar-refractivity contribution >= 4 is 5.91 Å². The molecule has 3 rings (SSSR count). The normalized spacial score (nSPS) is 26.3. The van der Waals surface area contributed by atoms with Crippen LogP contribution in [0.2, 0.25) is 0 Å². The Labute approximate surface area is 134 Å². The minimum Gasteiger partial charge on any atom is -0.341 e. The number of hydrogen-bond donors (Lipinski definition) is 1. The highest BCUT2D eigenvalue weighted by molar-refractivity contribution is 5.73. The summed E-state index contributed by atoms with van der Waals surface area (Å²) < 4.78 is 0. The number of carbonyl (C=O) groups excluding carboxylic acids is 1. The van der Waals surface area contributed by atoms with Crippen LogP contribution >= 0.6 is 0 Å². The first-order chi connectivity index (χ1) is 10.7. The van der Waals surface area contributed by atoms with Crippen molar-refractivity contribution < 1.29 is 4.79 Å². The highest BCUT2D eigenvalue weighted by atomic mass is 16.2. The predicted molar refractivity (Wildman–Crippen MR) is 89.8 cm³/mol. The van der Waals surface area contributed by atoms with E-state index in [1.165, 1.54) is 31.2 Å². The van der Waals surface area contributed by atoms with Gasteiger partial charge in [-0.05, 0) is 37.3 Å². The summed E-state index contributed by atoms with van der Waals surface area (Å²) in [7, 11) is 0. The van der Waals surface area contributed by atoms with Crippen molar-refractivity contribution in [3.63, 3.8) is 0 Å². The highest BCUT2D eigenvalue weighted by Crippen LogP contribution is 2.28. The highest BCUT2D eigenvalue weighted by Gasteiger charge is 2.29. The lowest BCUT2D eigenvalue weighted by Crippen LogP contribution is -2.50. The van der Waals surface area contributed by atoms with Gasteiger partial charge in [0.25, 0.3) is 0 Å². The number of likely N-dealkylation sites (tertiary alicyclic amines) is 1. The third-order valence-corrected chi connectivity index (χ3v) is 5.34. The van der Waals surface area contributed by atoms with Crippen molar-refractivity contribution in [1.29, 1.82) is 0 Å². The monoisotopic (exact) mass is 300 g/mol. The number of piperidine rings is 1. The molecule has 2 unspecified atom stereocenters. The van der Waals surface area contributed by atoms with Gasteiger partial charge >= 0.3 is 0 Å². The molecule has 2 aliphatic rings. The second-order valence-electron chi connectivity index (χ2n) is 7.02. The van der Waals surface area contributed by atoms with Crippen LogP contribution in [0.25, 0.3) is 0 Å². The van der Waals surface area contributed by atoms with Crippen LogP contribution in [0.15, 0.2) is 30.3 Å².